The topological polar surface area (TPSA) is 46.2 Å². The van der Waals surface area contributed by atoms with Gasteiger partial charge in [-0.1, -0.05) is 29.8 Å². The van der Waals surface area contributed by atoms with E-state index in [1.807, 2.05) is 31.2 Å². The highest BCUT2D eigenvalue weighted by atomic mass is 32.2. The van der Waals surface area contributed by atoms with Crippen LogP contribution in [0.15, 0.2) is 58.3 Å². The van der Waals surface area contributed by atoms with Crippen molar-refractivity contribution in [3.8, 4) is 0 Å². The fraction of sp³-hybridized carbons (Fsp3) is 0.200. The Bertz CT molecular complexity index is 700. The molecule has 0 heterocycles. The summed E-state index contributed by atoms with van der Waals surface area (Å²) in [4.78, 5) is 0.760. The van der Waals surface area contributed by atoms with Crippen molar-refractivity contribution >= 4 is 21.8 Å². The van der Waals surface area contributed by atoms with Crippen LogP contribution in [-0.4, -0.2) is 20.7 Å². The Morgan fingerprint density at radius 1 is 1.10 bits per heavy atom. The van der Waals surface area contributed by atoms with Gasteiger partial charge in [0.25, 0.3) is 0 Å². The van der Waals surface area contributed by atoms with E-state index in [1.165, 1.54) is 23.8 Å². The van der Waals surface area contributed by atoms with Crippen LogP contribution in [0.25, 0.3) is 0 Å². The van der Waals surface area contributed by atoms with Gasteiger partial charge in [-0.25, -0.2) is 17.5 Å². The lowest BCUT2D eigenvalue weighted by Gasteiger charge is -2.07. The zero-order valence-electron chi connectivity index (χ0n) is 11.5. The molecule has 0 unspecified atom stereocenters. The Morgan fingerprint density at radius 2 is 1.76 bits per heavy atom. The minimum Gasteiger partial charge on any atom is -0.210 e. The van der Waals surface area contributed by atoms with E-state index < -0.39 is 15.8 Å². The van der Waals surface area contributed by atoms with Crippen molar-refractivity contribution < 1.29 is 12.8 Å². The number of nitrogens with one attached hydrogen (secondary N) is 1. The van der Waals surface area contributed by atoms with Gasteiger partial charge >= 0.3 is 0 Å². The maximum absolute atomic E-state index is 13.5. The lowest BCUT2D eigenvalue weighted by Crippen LogP contribution is -2.26. The van der Waals surface area contributed by atoms with Crippen molar-refractivity contribution in [1.29, 1.82) is 0 Å². The fourth-order valence-electron chi connectivity index (χ4n) is 1.72. The van der Waals surface area contributed by atoms with Crippen molar-refractivity contribution in [2.24, 2.45) is 0 Å². The molecule has 0 spiro atoms. The Hall–Kier alpha value is -1.37. The highest BCUT2D eigenvalue weighted by Gasteiger charge is 2.17. The van der Waals surface area contributed by atoms with Gasteiger partial charge in [0, 0.05) is 17.2 Å². The van der Waals surface area contributed by atoms with Crippen LogP contribution in [0.5, 0.6) is 0 Å². The molecule has 0 bridgehead atoms. The maximum Gasteiger partial charge on any atom is 0.243 e. The molecule has 0 radical (unpaired) electrons. The molecule has 6 heteroatoms. The molecule has 2 aromatic rings. The zero-order chi connectivity index (χ0) is 15.3. The van der Waals surface area contributed by atoms with E-state index in [1.54, 1.807) is 11.8 Å². The van der Waals surface area contributed by atoms with Crippen LogP contribution >= 0.6 is 11.8 Å². The van der Waals surface area contributed by atoms with Crippen molar-refractivity contribution in [2.45, 2.75) is 16.7 Å². The van der Waals surface area contributed by atoms with E-state index in [0.717, 1.165) is 11.0 Å². The molecule has 21 heavy (non-hydrogen) atoms. The lowest BCUT2D eigenvalue weighted by atomic mass is 10.2. The third kappa shape index (κ3) is 4.56. The molecule has 2 rings (SSSR count). The van der Waals surface area contributed by atoms with E-state index in [-0.39, 0.29) is 11.4 Å². The first-order chi connectivity index (χ1) is 9.99. The minimum absolute atomic E-state index is 0.245. The summed E-state index contributed by atoms with van der Waals surface area (Å²) in [7, 11) is -3.79. The molecule has 0 aliphatic carbocycles. The molecule has 0 saturated carbocycles. The number of rotatable bonds is 6. The fourth-order valence-corrected chi connectivity index (χ4v) is 3.73. The van der Waals surface area contributed by atoms with E-state index in [4.69, 9.17) is 0 Å². The smallest absolute Gasteiger partial charge is 0.210 e. The average molecular weight is 325 g/mol. The summed E-state index contributed by atoms with van der Waals surface area (Å²) < 4.78 is 39.8. The third-order valence-corrected chi connectivity index (χ3v) is 5.32. The standard InChI is InChI=1S/C15H16FNO2S2/c1-12-6-8-13(9-7-12)20-11-10-17-21(18,19)15-5-3-2-4-14(15)16/h2-9,17H,10-11H2,1H3. The van der Waals surface area contributed by atoms with Gasteiger partial charge in [-0.3, -0.25) is 0 Å². The normalized spacial score (nSPS) is 11.5. The van der Waals surface area contributed by atoms with Crippen molar-refractivity contribution in [3.63, 3.8) is 0 Å². The summed E-state index contributed by atoms with van der Waals surface area (Å²) in [6.07, 6.45) is 0. The van der Waals surface area contributed by atoms with E-state index >= 15 is 0 Å². The van der Waals surface area contributed by atoms with Gasteiger partial charge in [-0.15, -0.1) is 11.8 Å². The summed E-state index contributed by atoms with van der Waals surface area (Å²) in [6.45, 7) is 2.26. The van der Waals surface area contributed by atoms with E-state index in [9.17, 15) is 12.8 Å². The van der Waals surface area contributed by atoms with Crippen LogP contribution < -0.4 is 4.72 Å². The van der Waals surface area contributed by atoms with Crippen molar-refractivity contribution in [1.82, 2.24) is 4.72 Å². The minimum atomic E-state index is -3.79. The molecule has 0 fully saturated rings. The van der Waals surface area contributed by atoms with Crippen LogP contribution in [0.4, 0.5) is 4.39 Å². The molecule has 2 aromatic carbocycles. The molecular weight excluding hydrogens is 309 g/mol. The number of thioether (sulfide) groups is 1. The van der Waals surface area contributed by atoms with Gasteiger partial charge in [0.15, 0.2) is 0 Å². The number of aryl methyl sites for hydroxylation is 1. The second-order valence-corrected chi connectivity index (χ2v) is 7.39. The van der Waals surface area contributed by atoms with Crippen LogP contribution in [0, 0.1) is 12.7 Å². The summed E-state index contributed by atoms with van der Waals surface area (Å²) in [5.41, 5.74) is 1.18. The highest BCUT2D eigenvalue weighted by molar-refractivity contribution is 7.99. The van der Waals surface area contributed by atoms with Gasteiger partial charge in [0.1, 0.15) is 10.7 Å². The molecule has 0 aromatic heterocycles. The Kier molecular flexibility index (Phi) is 5.39. The maximum atomic E-state index is 13.5. The quantitative estimate of drug-likeness (QED) is 0.655. The monoisotopic (exact) mass is 325 g/mol. The van der Waals surface area contributed by atoms with E-state index in [2.05, 4.69) is 4.72 Å². The van der Waals surface area contributed by atoms with Gasteiger partial charge in [-0.05, 0) is 31.2 Å². The predicted molar refractivity (Wildman–Crippen MR) is 83.5 cm³/mol. The Balaban J connectivity index is 1.88. The van der Waals surface area contributed by atoms with Crippen molar-refractivity contribution in [3.05, 3.63) is 59.9 Å². The predicted octanol–water partition coefficient (Wildman–Crippen LogP) is 3.20. The zero-order valence-corrected chi connectivity index (χ0v) is 13.2. The van der Waals surface area contributed by atoms with Crippen LogP contribution in [0.2, 0.25) is 0 Å². The molecule has 3 nitrogen and oxygen atoms in total. The second kappa shape index (κ2) is 7.06. The third-order valence-electron chi connectivity index (χ3n) is 2.81. The van der Waals surface area contributed by atoms with Crippen LogP contribution in [0.1, 0.15) is 5.56 Å². The number of halogens is 1. The van der Waals surface area contributed by atoms with Gasteiger partial charge in [0.2, 0.25) is 10.0 Å². The first-order valence-corrected chi connectivity index (χ1v) is 8.89. The lowest BCUT2D eigenvalue weighted by molar-refractivity contribution is 0.559. The molecular formula is C15H16FNO2S2. The molecule has 0 aliphatic heterocycles. The number of benzene rings is 2. The number of sulfonamides is 1. The van der Waals surface area contributed by atoms with Crippen LogP contribution in [-0.2, 0) is 10.0 Å². The number of hydrogen-bond donors (Lipinski definition) is 1. The molecule has 0 saturated heterocycles. The van der Waals surface area contributed by atoms with Crippen molar-refractivity contribution in [2.75, 3.05) is 12.3 Å². The molecule has 0 atom stereocenters. The molecule has 1 N–H and O–H groups in total. The first-order valence-electron chi connectivity index (χ1n) is 6.43. The molecule has 0 amide bonds. The second-order valence-electron chi connectivity index (χ2n) is 4.49. The Labute approximate surface area is 128 Å². The highest BCUT2D eigenvalue weighted by Crippen LogP contribution is 2.18. The summed E-state index contributed by atoms with van der Waals surface area (Å²) in [6, 6.07) is 13.3. The Morgan fingerprint density at radius 3 is 2.43 bits per heavy atom. The SMILES string of the molecule is Cc1ccc(SCCNS(=O)(=O)c2ccccc2F)cc1. The van der Waals surface area contributed by atoms with E-state index in [0.29, 0.717) is 5.75 Å². The average Bonchev–Trinajstić information content (AvgIpc) is 2.46. The summed E-state index contributed by atoms with van der Waals surface area (Å²) in [5.74, 6) is -0.160. The molecule has 112 valence electrons. The largest absolute Gasteiger partial charge is 0.243 e. The first kappa shape index (κ1) is 16.0. The van der Waals surface area contributed by atoms with Crippen LogP contribution in [0.3, 0.4) is 0 Å². The summed E-state index contributed by atoms with van der Waals surface area (Å²) >= 11 is 1.55. The molecule has 0 aliphatic rings. The van der Waals surface area contributed by atoms with Gasteiger partial charge in [-0.2, -0.15) is 0 Å². The number of hydrogen-bond acceptors (Lipinski definition) is 3. The summed E-state index contributed by atoms with van der Waals surface area (Å²) in [5, 5.41) is 0. The van der Waals surface area contributed by atoms with Gasteiger partial charge in [0.05, 0.1) is 0 Å². The van der Waals surface area contributed by atoms with Gasteiger partial charge < -0.3 is 0 Å².